The molecule has 142 valence electrons. The molecule has 1 aliphatic rings. The monoisotopic (exact) mass is 366 g/mol. The molecule has 2 aromatic rings. The molecule has 1 aliphatic heterocycles. The van der Waals surface area contributed by atoms with E-state index in [9.17, 15) is 9.59 Å². The van der Waals surface area contributed by atoms with E-state index in [4.69, 9.17) is 0 Å². The fraction of sp³-hybridized carbons (Fsp3) is 0.333. The molecule has 3 rings (SSSR count). The molecule has 3 amide bonds. The van der Waals surface area contributed by atoms with Gasteiger partial charge in [-0.25, -0.2) is 4.79 Å². The first-order valence-corrected chi connectivity index (χ1v) is 9.36. The average molecular weight is 366 g/mol. The third-order valence-electron chi connectivity index (χ3n) is 4.74. The Kier molecular flexibility index (Phi) is 6.44. The van der Waals surface area contributed by atoms with Crippen molar-refractivity contribution in [1.82, 2.24) is 15.5 Å². The highest BCUT2D eigenvalue weighted by Crippen LogP contribution is 2.24. The Hall–Kier alpha value is -2.86. The van der Waals surface area contributed by atoms with Gasteiger partial charge in [0.2, 0.25) is 5.91 Å². The number of nitrogens with one attached hydrogen (secondary N) is 2. The van der Waals surface area contributed by atoms with Crippen LogP contribution in [0.3, 0.4) is 0 Å². The van der Waals surface area contributed by atoms with Crippen molar-refractivity contribution in [3.8, 4) is 0 Å². The van der Waals surface area contributed by atoms with Crippen LogP contribution in [0.25, 0.3) is 0 Å². The molecule has 2 N–H and O–H groups in total. The fourth-order valence-corrected chi connectivity index (χ4v) is 3.43. The number of piperazine rings is 1. The van der Waals surface area contributed by atoms with Crippen LogP contribution in [-0.2, 0) is 4.79 Å². The Bertz CT molecular complexity index is 743. The second-order valence-corrected chi connectivity index (χ2v) is 6.52. The van der Waals surface area contributed by atoms with Gasteiger partial charge in [0.15, 0.2) is 0 Å². The molecule has 1 fully saturated rings. The van der Waals surface area contributed by atoms with Crippen LogP contribution < -0.4 is 15.5 Å². The number of hydrogen-bond acceptors (Lipinski definition) is 4. The number of para-hydroxylation sites is 1. The number of anilines is 1. The fourth-order valence-electron chi connectivity index (χ4n) is 3.43. The van der Waals surface area contributed by atoms with Gasteiger partial charge in [0, 0.05) is 38.4 Å². The van der Waals surface area contributed by atoms with Crippen molar-refractivity contribution in [3.63, 3.8) is 0 Å². The minimum absolute atomic E-state index is 0.291. The van der Waals surface area contributed by atoms with Crippen molar-refractivity contribution < 1.29 is 9.59 Å². The number of carbonyl (C=O) groups excluding carboxylic acids is 2. The topological polar surface area (TPSA) is 64.7 Å². The van der Waals surface area contributed by atoms with Crippen molar-refractivity contribution in [2.45, 2.75) is 13.0 Å². The van der Waals surface area contributed by atoms with E-state index in [0.717, 1.165) is 31.7 Å². The smallest absolute Gasteiger partial charge is 0.321 e. The van der Waals surface area contributed by atoms with Crippen molar-refractivity contribution in [1.29, 1.82) is 0 Å². The van der Waals surface area contributed by atoms with Gasteiger partial charge in [-0.3, -0.25) is 15.0 Å². The number of imide groups is 1. The van der Waals surface area contributed by atoms with Gasteiger partial charge in [-0.15, -0.1) is 0 Å². The van der Waals surface area contributed by atoms with E-state index < -0.39 is 12.1 Å². The molecule has 0 saturated carbocycles. The summed E-state index contributed by atoms with van der Waals surface area (Å²) in [5.41, 5.74) is 2.09. The maximum atomic E-state index is 12.9. The largest absolute Gasteiger partial charge is 0.369 e. The molecule has 0 bridgehead atoms. The molecule has 2 aromatic carbocycles. The number of benzene rings is 2. The molecule has 0 unspecified atom stereocenters. The van der Waals surface area contributed by atoms with E-state index in [-0.39, 0.29) is 5.91 Å². The number of carbonyl (C=O) groups is 2. The first-order chi connectivity index (χ1) is 13.2. The van der Waals surface area contributed by atoms with Crippen LogP contribution in [0.1, 0.15) is 18.5 Å². The summed E-state index contributed by atoms with van der Waals surface area (Å²) in [4.78, 5) is 29.2. The summed E-state index contributed by atoms with van der Waals surface area (Å²) >= 11 is 0. The summed E-state index contributed by atoms with van der Waals surface area (Å²) in [6.45, 7) is 5.46. The van der Waals surface area contributed by atoms with Crippen LogP contribution in [0.2, 0.25) is 0 Å². The van der Waals surface area contributed by atoms with Crippen LogP contribution in [-0.4, -0.2) is 49.6 Å². The van der Waals surface area contributed by atoms with Gasteiger partial charge in [-0.05, 0) is 24.6 Å². The Morgan fingerprint density at radius 3 is 2.11 bits per heavy atom. The molecule has 1 atom stereocenters. The van der Waals surface area contributed by atoms with Gasteiger partial charge in [0.1, 0.15) is 6.04 Å². The molecule has 0 radical (unpaired) electrons. The molecule has 0 aromatic heterocycles. The normalized spacial score (nSPS) is 15.8. The second-order valence-electron chi connectivity index (χ2n) is 6.52. The van der Waals surface area contributed by atoms with Crippen molar-refractivity contribution in [3.05, 3.63) is 66.2 Å². The first-order valence-electron chi connectivity index (χ1n) is 9.36. The zero-order valence-electron chi connectivity index (χ0n) is 15.6. The third kappa shape index (κ3) is 4.86. The van der Waals surface area contributed by atoms with Crippen LogP contribution in [0, 0.1) is 0 Å². The van der Waals surface area contributed by atoms with E-state index in [2.05, 4.69) is 32.6 Å². The lowest BCUT2D eigenvalue weighted by atomic mass is 10.0. The Morgan fingerprint density at radius 2 is 1.52 bits per heavy atom. The van der Waals surface area contributed by atoms with Crippen molar-refractivity contribution >= 4 is 17.6 Å². The molecule has 6 nitrogen and oxygen atoms in total. The van der Waals surface area contributed by atoms with Crippen LogP contribution in [0.4, 0.5) is 10.5 Å². The first kappa shape index (κ1) is 18.9. The van der Waals surface area contributed by atoms with Gasteiger partial charge in [0.25, 0.3) is 0 Å². The summed E-state index contributed by atoms with van der Waals surface area (Å²) in [7, 11) is 0. The number of urea groups is 1. The van der Waals surface area contributed by atoms with E-state index >= 15 is 0 Å². The zero-order chi connectivity index (χ0) is 19.1. The highest BCUT2D eigenvalue weighted by molar-refractivity contribution is 5.97. The summed E-state index contributed by atoms with van der Waals surface area (Å²) in [5.74, 6) is -0.291. The molecular weight excluding hydrogens is 340 g/mol. The van der Waals surface area contributed by atoms with Crippen LogP contribution in [0.5, 0.6) is 0 Å². The predicted molar refractivity (Wildman–Crippen MR) is 107 cm³/mol. The Morgan fingerprint density at radius 1 is 0.926 bits per heavy atom. The number of hydrogen-bond donors (Lipinski definition) is 2. The van der Waals surface area contributed by atoms with Crippen LogP contribution >= 0.6 is 0 Å². The molecule has 0 aliphatic carbocycles. The van der Waals surface area contributed by atoms with Gasteiger partial charge in [0.05, 0.1) is 0 Å². The second kappa shape index (κ2) is 9.19. The number of amides is 3. The minimum Gasteiger partial charge on any atom is -0.369 e. The van der Waals surface area contributed by atoms with E-state index in [1.807, 2.05) is 55.5 Å². The molecule has 0 spiro atoms. The zero-order valence-corrected chi connectivity index (χ0v) is 15.6. The number of rotatable bonds is 5. The lowest BCUT2D eigenvalue weighted by Crippen LogP contribution is -2.52. The molecule has 27 heavy (non-hydrogen) atoms. The van der Waals surface area contributed by atoms with E-state index in [1.165, 1.54) is 5.69 Å². The van der Waals surface area contributed by atoms with Crippen molar-refractivity contribution in [2.24, 2.45) is 0 Å². The maximum absolute atomic E-state index is 12.9. The SMILES string of the molecule is CCNC(=O)NC(=O)[C@H](c1ccccc1)N1CCN(c2ccccc2)CC1. The Balaban J connectivity index is 1.72. The highest BCUT2D eigenvalue weighted by Gasteiger charge is 2.31. The molecule has 1 heterocycles. The van der Waals surface area contributed by atoms with E-state index in [1.54, 1.807) is 0 Å². The highest BCUT2D eigenvalue weighted by atomic mass is 16.2. The summed E-state index contributed by atoms with van der Waals surface area (Å²) in [5, 5.41) is 5.09. The lowest BCUT2D eigenvalue weighted by molar-refractivity contribution is -0.125. The predicted octanol–water partition coefficient (Wildman–Crippen LogP) is 2.40. The summed E-state index contributed by atoms with van der Waals surface area (Å²) in [6.07, 6.45) is 0. The maximum Gasteiger partial charge on any atom is 0.321 e. The van der Waals surface area contributed by atoms with E-state index in [0.29, 0.717) is 6.54 Å². The van der Waals surface area contributed by atoms with Crippen LogP contribution in [0.15, 0.2) is 60.7 Å². The summed E-state index contributed by atoms with van der Waals surface area (Å²) < 4.78 is 0. The van der Waals surface area contributed by atoms with Gasteiger partial charge in [-0.1, -0.05) is 48.5 Å². The standard InChI is InChI=1S/C21H26N4O2/c1-2-22-21(27)23-20(26)19(17-9-5-3-6-10-17)25-15-13-24(14-16-25)18-11-7-4-8-12-18/h3-12,19H,2,13-16H2,1H3,(H2,22,23,26,27)/t19-/m0/s1. The van der Waals surface area contributed by atoms with Gasteiger partial charge < -0.3 is 10.2 Å². The Labute approximate surface area is 160 Å². The van der Waals surface area contributed by atoms with Gasteiger partial charge >= 0.3 is 6.03 Å². The molecular formula is C21H26N4O2. The lowest BCUT2D eigenvalue weighted by Gasteiger charge is -2.39. The molecule has 6 heteroatoms. The quantitative estimate of drug-likeness (QED) is 0.853. The molecule has 1 saturated heterocycles. The van der Waals surface area contributed by atoms with Gasteiger partial charge in [-0.2, -0.15) is 0 Å². The third-order valence-corrected chi connectivity index (χ3v) is 4.74. The van der Waals surface area contributed by atoms with Crippen molar-refractivity contribution in [2.75, 3.05) is 37.6 Å². The minimum atomic E-state index is -0.480. The summed E-state index contributed by atoms with van der Waals surface area (Å²) in [6, 6.07) is 19.0. The number of nitrogens with zero attached hydrogens (tertiary/aromatic N) is 2. The average Bonchev–Trinajstić information content (AvgIpc) is 2.70.